The van der Waals surface area contributed by atoms with E-state index in [0.29, 0.717) is 5.75 Å². The molecule has 1 aromatic heterocycles. The summed E-state index contributed by atoms with van der Waals surface area (Å²) in [4.78, 5) is 12.8. The summed E-state index contributed by atoms with van der Waals surface area (Å²) < 4.78 is 5.41. The maximum absolute atomic E-state index is 10.8. The molecule has 0 atom stereocenters. The first-order valence-corrected chi connectivity index (χ1v) is 5.17. The summed E-state index contributed by atoms with van der Waals surface area (Å²) in [5, 5.41) is 18.1. The van der Waals surface area contributed by atoms with E-state index in [-0.39, 0.29) is 11.6 Å². The zero-order valence-electron chi connectivity index (χ0n) is 9.91. The number of nitrogens with one attached hydrogen (secondary N) is 1. The molecule has 0 aliphatic carbocycles. The molecule has 94 valence electrons. The van der Waals surface area contributed by atoms with Crippen molar-refractivity contribution in [2.24, 2.45) is 0 Å². The summed E-state index contributed by atoms with van der Waals surface area (Å²) in [6.45, 7) is 0. The average molecular weight is 248 g/mol. The van der Waals surface area contributed by atoms with E-state index in [1.54, 1.807) is 12.1 Å². The number of hydrogen-bond donors (Lipinski definition) is 2. The van der Waals surface area contributed by atoms with Crippen molar-refractivity contribution in [2.45, 2.75) is 0 Å². The van der Waals surface area contributed by atoms with Crippen LogP contribution in [0.2, 0.25) is 0 Å². The van der Waals surface area contributed by atoms with Gasteiger partial charge < -0.3 is 14.7 Å². The lowest BCUT2D eigenvalue weighted by molar-refractivity contribution is 0.0687. The van der Waals surface area contributed by atoms with Crippen LogP contribution in [0.3, 0.4) is 0 Å². The van der Waals surface area contributed by atoms with Crippen LogP contribution in [0, 0.1) is 0 Å². The normalized spacial score (nSPS) is 10.1. The van der Waals surface area contributed by atoms with Crippen LogP contribution in [-0.4, -0.2) is 40.6 Å². The maximum Gasteiger partial charge on any atom is 0.362 e. The second-order valence-electron chi connectivity index (χ2n) is 3.79. The van der Waals surface area contributed by atoms with Gasteiger partial charge in [0.25, 0.3) is 5.88 Å². The van der Waals surface area contributed by atoms with E-state index in [2.05, 4.69) is 15.4 Å². The third-order valence-corrected chi connectivity index (χ3v) is 2.27. The van der Waals surface area contributed by atoms with Gasteiger partial charge in [0, 0.05) is 25.8 Å². The van der Waals surface area contributed by atoms with E-state index in [4.69, 9.17) is 9.84 Å². The first-order chi connectivity index (χ1) is 8.58. The van der Waals surface area contributed by atoms with E-state index in [1.165, 1.54) is 0 Å². The van der Waals surface area contributed by atoms with E-state index >= 15 is 0 Å². The molecule has 7 nitrogen and oxygen atoms in total. The topological polar surface area (TPSA) is 91.3 Å². The zero-order chi connectivity index (χ0) is 13.1. The van der Waals surface area contributed by atoms with Crippen LogP contribution in [0.15, 0.2) is 24.3 Å². The average Bonchev–Trinajstić information content (AvgIpc) is 2.77. The number of H-pyrrole nitrogens is 1. The molecule has 0 radical (unpaired) electrons. The predicted octanol–water partition coefficient (Wildman–Crippen LogP) is 1.36. The number of carbonyl (C=O) groups is 1. The molecule has 0 amide bonds. The van der Waals surface area contributed by atoms with Crippen molar-refractivity contribution in [3.05, 3.63) is 30.0 Å². The maximum atomic E-state index is 10.8. The molecule has 0 aliphatic rings. The summed E-state index contributed by atoms with van der Waals surface area (Å²) in [6, 6.07) is 7.23. The van der Waals surface area contributed by atoms with E-state index in [1.807, 2.05) is 31.1 Å². The van der Waals surface area contributed by atoms with Gasteiger partial charge in [-0.3, -0.25) is 0 Å². The fourth-order valence-electron chi connectivity index (χ4n) is 1.37. The summed E-state index contributed by atoms with van der Waals surface area (Å²) in [5.74, 6) is -0.671. The number of nitrogens with zero attached hydrogens (tertiary/aromatic N) is 3. The molecule has 18 heavy (non-hydrogen) atoms. The number of ether oxygens (including phenoxy) is 1. The van der Waals surface area contributed by atoms with Crippen molar-refractivity contribution < 1.29 is 14.6 Å². The van der Waals surface area contributed by atoms with E-state index in [0.717, 1.165) is 5.69 Å². The molecule has 7 heteroatoms. The summed E-state index contributed by atoms with van der Waals surface area (Å²) in [6.07, 6.45) is 0. The molecule has 2 rings (SSSR count). The van der Waals surface area contributed by atoms with Crippen LogP contribution in [0.4, 0.5) is 5.69 Å². The number of anilines is 1. The molecule has 0 saturated carbocycles. The standard InChI is InChI=1S/C11H12N4O3/c1-15(2)7-4-3-5-8(6-7)18-10-9(11(16)17)12-14-13-10/h3-6H,1-2H3,(H,16,17)(H,12,13,14). The van der Waals surface area contributed by atoms with Crippen molar-refractivity contribution in [3.8, 4) is 11.6 Å². The predicted molar refractivity (Wildman–Crippen MR) is 64.2 cm³/mol. The number of aromatic carboxylic acids is 1. The molecule has 2 N–H and O–H groups in total. The Morgan fingerprint density at radius 2 is 2.22 bits per heavy atom. The molecule has 1 heterocycles. The minimum absolute atomic E-state index is 0.0124. The van der Waals surface area contributed by atoms with E-state index < -0.39 is 5.97 Å². The SMILES string of the molecule is CN(C)c1cccc(Oc2[nH]nnc2C(=O)O)c1. The minimum Gasteiger partial charge on any atom is -0.476 e. The quantitative estimate of drug-likeness (QED) is 0.848. The molecular weight excluding hydrogens is 236 g/mol. The van der Waals surface area contributed by atoms with Crippen LogP contribution in [0.25, 0.3) is 0 Å². The molecule has 0 bridgehead atoms. The molecule has 0 unspecified atom stereocenters. The van der Waals surface area contributed by atoms with Crippen molar-refractivity contribution in [1.29, 1.82) is 0 Å². The minimum atomic E-state index is -1.19. The Hall–Kier alpha value is -2.57. The highest BCUT2D eigenvalue weighted by Gasteiger charge is 2.16. The lowest BCUT2D eigenvalue weighted by Gasteiger charge is -2.13. The van der Waals surface area contributed by atoms with Crippen LogP contribution in [0.5, 0.6) is 11.6 Å². The van der Waals surface area contributed by atoms with Gasteiger partial charge in [-0.15, -0.1) is 5.10 Å². The van der Waals surface area contributed by atoms with Crippen molar-refractivity contribution >= 4 is 11.7 Å². The molecule has 0 saturated heterocycles. The molecule has 0 fully saturated rings. The van der Waals surface area contributed by atoms with Crippen molar-refractivity contribution in [2.75, 3.05) is 19.0 Å². The lowest BCUT2D eigenvalue weighted by Crippen LogP contribution is -2.08. The van der Waals surface area contributed by atoms with Gasteiger partial charge in [-0.25, -0.2) is 9.89 Å². The summed E-state index contributed by atoms with van der Waals surface area (Å²) in [7, 11) is 3.80. The Labute approximate surface area is 103 Å². The molecule has 1 aromatic carbocycles. The van der Waals surface area contributed by atoms with E-state index in [9.17, 15) is 4.79 Å². The molecule has 0 aliphatic heterocycles. The second-order valence-corrected chi connectivity index (χ2v) is 3.79. The number of benzene rings is 1. The third kappa shape index (κ3) is 2.40. The summed E-state index contributed by atoms with van der Waals surface area (Å²) >= 11 is 0. The molecule has 0 spiro atoms. The summed E-state index contributed by atoms with van der Waals surface area (Å²) in [5.41, 5.74) is 0.696. The van der Waals surface area contributed by atoms with Gasteiger partial charge in [0.05, 0.1) is 0 Å². The van der Waals surface area contributed by atoms with Gasteiger partial charge >= 0.3 is 5.97 Å². The Balaban J connectivity index is 2.26. The molecule has 2 aromatic rings. The largest absolute Gasteiger partial charge is 0.476 e. The van der Waals surface area contributed by atoms with Gasteiger partial charge in [-0.2, -0.15) is 0 Å². The Morgan fingerprint density at radius 1 is 1.44 bits per heavy atom. The number of carboxylic acids is 1. The van der Waals surface area contributed by atoms with Gasteiger partial charge in [0.15, 0.2) is 0 Å². The molecular formula is C11H12N4O3. The van der Waals surface area contributed by atoms with Crippen LogP contribution >= 0.6 is 0 Å². The van der Waals surface area contributed by atoms with Crippen LogP contribution < -0.4 is 9.64 Å². The Bertz CT molecular complexity index is 565. The Morgan fingerprint density at radius 3 is 2.89 bits per heavy atom. The third-order valence-electron chi connectivity index (χ3n) is 2.27. The van der Waals surface area contributed by atoms with Crippen LogP contribution in [-0.2, 0) is 0 Å². The number of hydrogen-bond acceptors (Lipinski definition) is 5. The first kappa shape index (κ1) is 11.9. The van der Waals surface area contributed by atoms with Crippen LogP contribution in [0.1, 0.15) is 10.5 Å². The van der Waals surface area contributed by atoms with Gasteiger partial charge in [0.2, 0.25) is 5.69 Å². The highest BCUT2D eigenvalue weighted by molar-refractivity contribution is 5.87. The first-order valence-electron chi connectivity index (χ1n) is 5.17. The lowest BCUT2D eigenvalue weighted by atomic mass is 10.3. The fourth-order valence-corrected chi connectivity index (χ4v) is 1.37. The van der Waals surface area contributed by atoms with Crippen molar-refractivity contribution in [3.63, 3.8) is 0 Å². The number of aromatic nitrogens is 3. The monoisotopic (exact) mass is 248 g/mol. The highest BCUT2D eigenvalue weighted by atomic mass is 16.5. The zero-order valence-corrected chi connectivity index (χ0v) is 9.91. The number of carboxylic acid groups (broad SMARTS) is 1. The second kappa shape index (κ2) is 4.74. The Kier molecular flexibility index (Phi) is 3.13. The highest BCUT2D eigenvalue weighted by Crippen LogP contribution is 2.25. The van der Waals surface area contributed by atoms with Gasteiger partial charge in [0.1, 0.15) is 5.75 Å². The fraction of sp³-hybridized carbons (Fsp3) is 0.182. The van der Waals surface area contributed by atoms with Gasteiger partial charge in [-0.05, 0) is 12.1 Å². The van der Waals surface area contributed by atoms with Crippen molar-refractivity contribution in [1.82, 2.24) is 15.4 Å². The number of rotatable bonds is 4. The number of aromatic amines is 1. The smallest absolute Gasteiger partial charge is 0.362 e. The van der Waals surface area contributed by atoms with Gasteiger partial charge in [-0.1, -0.05) is 11.3 Å².